The fourth-order valence-electron chi connectivity index (χ4n) is 2.02. The number of aryl methyl sites for hydroxylation is 2. The first-order valence-corrected chi connectivity index (χ1v) is 7.83. The molecule has 2 rings (SSSR count). The molecule has 2 aromatic rings. The lowest BCUT2D eigenvalue weighted by atomic mass is 10.1. The van der Waals surface area contributed by atoms with Crippen molar-refractivity contribution in [1.82, 2.24) is 0 Å². The normalized spacial score (nSPS) is 10.9. The summed E-state index contributed by atoms with van der Waals surface area (Å²) >= 11 is 2.21. The lowest BCUT2D eigenvalue weighted by Crippen LogP contribution is -2.14. The van der Waals surface area contributed by atoms with Gasteiger partial charge in [-0.05, 0) is 71.8 Å². The zero-order chi connectivity index (χ0) is 16.1. The van der Waals surface area contributed by atoms with E-state index in [1.807, 2.05) is 62.4 Å². The molecule has 3 nitrogen and oxygen atoms in total. The minimum atomic E-state index is -0.395. The van der Waals surface area contributed by atoms with E-state index >= 15 is 0 Å². The molecule has 2 aromatic carbocycles. The predicted octanol–water partition coefficient (Wildman–Crippen LogP) is 4.45. The topological polar surface area (TPSA) is 52.9 Å². The van der Waals surface area contributed by atoms with Crippen LogP contribution in [0.2, 0.25) is 0 Å². The molecule has 0 aromatic heterocycles. The Hall–Kier alpha value is -2.13. The fourth-order valence-corrected chi connectivity index (χ4v) is 2.38. The quantitative estimate of drug-likeness (QED) is 0.469. The summed E-state index contributed by atoms with van der Waals surface area (Å²) in [6.45, 7) is 3.92. The molecule has 0 heterocycles. The lowest BCUT2D eigenvalue weighted by molar-refractivity contribution is -0.112. The van der Waals surface area contributed by atoms with Crippen molar-refractivity contribution < 1.29 is 4.79 Å². The van der Waals surface area contributed by atoms with Crippen LogP contribution in [0.1, 0.15) is 16.7 Å². The van der Waals surface area contributed by atoms with Gasteiger partial charge in [-0.25, -0.2) is 0 Å². The van der Waals surface area contributed by atoms with Gasteiger partial charge in [0.05, 0.1) is 0 Å². The molecule has 1 amide bonds. The average molecular weight is 402 g/mol. The zero-order valence-electron chi connectivity index (χ0n) is 12.4. The second-order valence-electron chi connectivity index (χ2n) is 4.99. The van der Waals surface area contributed by atoms with Crippen molar-refractivity contribution in [3.63, 3.8) is 0 Å². The predicted molar refractivity (Wildman–Crippen MR) is 97.3 cm³/mol. The molecule has 0 radical (unpaired) electrons. The van der Waals surface area contributed by atoms with Gasteiger partial charge in [0.25, 0.3) is 5.91 Å². The van der Waals surface area contributed by atoms with Crippen LogP contribution < -0.4 is 5.32 Å². The highest BCUT2D eigenvalue weighted by atomic mass is 127. The summed E-state index contributed by atoms with van der Waals surface area (Å²) in [5.74, 6) is -0.395. The minimum Gasteiger partial charge on any atom is -0.321 e. The van der Waals surface area contributed by atoms with Crippen molar-refractivity contribution in [2.45, 2.75) is 13.8 Å². The van der Waals surface area contributed by atoms with Crippen LogP contribution in [-0.2, 0) is 4.79 Å². The number of amides is 1. The molecule has 0 aliphatic carbocycles. The van der Waals surface area contributed by atoms with Crippen LogP contribution in [0.5, 0.6) is 0 Å². The van der Waals surface area contributed by atoms with Gasteiger partial charge in [0.2, 0.25) is 0 Å². The summed E-state index contributed by atoms with van der Waals surface area (Å²) in [5.41, 5.74) is 3.73. The summed E-state index contributed by atoms with van der Waals surface area (Å²) < 4.78 is 1.10. The number of rotatable bonds is 3. The summed E-state index contributed by atoms with van der Waals surface area (Å²) in [6, 6.07) is 15.4. The molecule has 0 aliphatic heterocycles. The Labute approximate surface area is 143 Å². The van der Waals surface area contributed by atoms with Crippen LogP contribution in [0.3, 0.4) is 0 Å². The van der Waals surface area contributed by atoms with Crippen molar-refractivity contribution >= 4 is 40.3 Å². The first-order chi connectivity index (χ1) is 10.5. The number of nitrogens with one attached hydrogen (secondary N) is 1. The molecule has 0 spiro atoms. The number of carbonyl (C=O) groups is 1. The molecule has 0 bridgehead atoms. The number of benzene rings is 2. The Kier molecular flexibility index (Phi) is 5.34. The van der Waals surface area contributed by atoms with Gasteiger partial charge in [-0.2, -0.15) is 5.26 Å². The Morgan fingerprint density at radius 1 is 1.18 bits per heavy atom. The van der Waals surface area contributed by atoms with Crippen molar-refractivity contribution in [2.75, 3.05) is 5.32 Å². The maximum atomic E-state index is 12.2. The molecule has 110 valence electrons. The van der Waals surface area contributed by atoms with E-state index in [1.54, 1.807) is 6.08 Å². The fraction of sp³-hybridized carbons (Fsp3) is 0.111. The maximum Gasteiger partial charge on any atom is 0.266 e. The van der Waals surface area contributed by atoms with Gasteiger partial charge in [-0.1, -0.05) is 29.8 Å². The summed E-state index contributed by atoms with van der Waals surface area (Å²) in [6.07, 6.45) is 1.59. The third kappa shape index (κ3) is 4.18. The van der Waals surface area contributed by atoms with E-state index in [2.05, 4.69) is 27.9 Å². The zero-order valence-corrected chi connectivity index (χ0v) is 14.5. The van der Waals surface area contributed by atoms with Gasteiger partial charge in [-0.15, -0.1) is 0 Å². The standard InChI is InChI=1S/C18H15IN2O/c1-12-3-8-17(13(2)9-12)21-18(22)15(11-20)10-14-4-6-16(19)7-5-14/h3-10H,1-2H3,(H,21,22)/b15-10+. The van der Waals surface area contributed by atoms with Crippen LogP contribution in [0.15, 0.2) is 48.0 Å². The van der Waals surface area contributed by atoms with E-state index in [0.717, 1.165) is 25.9 Å². The van der Waals surface area contributed by atoms with Crippen LogP contribution in [0.4, 0.5) is 5.69 Å². The van der Waals surface area contributed by atoms with E-state index in [1.165, 1.54) is 0 Å². The van der Waals surface area contributed by atoms with Crippen LogP contribution in [0, 0.1) is 28.7 Å². The molecule has 0 unspecified atom stereocenters. The Morgan fingerprint density at radius 2 is 1.86 bits per heavy atom. The number of nitriles is 1. The molecule has 0 fully saturated rings. The van der Waals surface area contributed by atoms with E-state index in [9.17, 15) is 10.1 Å². The highest BCUT2D eigenvalue weighted by Crippen LogP contribution is 2.17. The minimum absolute atomic E-state index is 0.0844. The van der Waals surface area contributed by atoms with Crippen molar-refractivity contribution in [3.05, 3.63) is 68.3 Å². The summed E-state index contributed by atoms with van der Waals surface area (Å²) in [5, 5.41) is 12.0. The Balaban J connectivity index is 2.22. The second-order valence-corrected chi connectivity index (χ2v) is 6.24. The molecular weight excluding hydrogens is 387 g/mol. The van der Waals surface area contributed by atoms with Gasteiger partial charge in [0, 0.05) is 9.26 Å². The number of nitrogens with zero attached hydrogens (tertiary/aromatic N) is 1. The molecule has 22 heavy (non-hydrogen) atoms. The number of hydrogen-bond donors (Lipinski definition) is 1. The van der Waals surface area contributed by atoms with E-state index in [4.69, 9.17) is 0 Å². The molecule has 0 saturated carbocycles. The molecule has 4 heteroatoms. The molecule has 0 aliphatic rings. The molecule has 0 saturated heterocycles. The monoisotopic (exact) mass is 402 g/mol. The highest BCUT2D eigenvalue weighted by molar-refractivity contribution is 14.1. The van der Waals surface area contributed by atoms with Crippen LogP contribution in [-0.4, -0.2) is 5.91 Å². The average Bonchev–Trinajstić information content (AvgIpc) is 2.49. The lowest BCUT2D eigenvalue weighted by Gasteiger charge is -2.08. The van der Waals surface area contributed by atoms with E-state index < -0.39 is 5.91 Å². The Morgan fingerprint density at radius 3 is 2.45 bits per heavy atom. The number of carbonyl (C=O) groups excluding carboxylic acids is 1. The largest absolute Gasteiger partial charge is 0.321 e. The molecular formula is C18H15IN2O. The second kappa shape index (κ2) is 7.23. The van der Waals surface area contributed by atoms with Gasteiger partial charge in [0.1, 0.15) is 11.6 Å². The van der Waals surface area contributed by atoms with E-state index in [-0.39, 0.29) is 5.57 Å². The van der Waals surface area contributed by atoms with Crippen molar-refractivity contribution in [3.8, 4) is 6.07 Å². The first-order valence-electron chi connectivity index (χ1n) is 6.75. The van der Waals surface area contributed by atoms with Gasteiger partial charge in [0.15, 0.2) is 0 Å². The highest BCUT2D eigenvalue weighted by Gasteiger charge is 2.10. The maximum absolute atomic E-state index is 12.2. The number of hydrogen-bond acceptors (Lipinski definition) is 2. The van der Waals surface area contributed by atoms with Gasteiger partial charge >= 0.3 is 0 Å². The summed E-state index contributed by atoms with van der Waals surface area (Å²) in [7, 11) is 0. The van der Waals surface area contributed by atoms with Crippen molar-refractivity contribution in [1.29, 1.82) is 5.26 Å². The Bertz CT molecular complexity index is 771. The van der Waals surface area contributed by atoms with Gasteiger partial charge < -0.3 is 5.32 Å². The number of anilines is 1. The molecule has 0 atom stereocenters. The SMILES string of the molecule is Cc1ccc(NC(=O)/C(C#N)=C/c2ccc(I)cc2)c(C)c1. The van der Waals surface area contributed by atoms with Crippen LogP contribution in [0.25, 0.3) is 6.08 Å². The first kappa shape index (κ1) is 16.2. The third-order valence-corrected chi connectivity index (χ3v) is 3.90. The van der Waals surface area contributed by atoms with Crippen molar-refractivity contribution in [2.24, 2.45) is 0 Å². The smallest absolute Gasteiger partial charge is 0.266 e. The van der Waals surface area contributed by atoms with Crippen LogP contribution >= 0.6 is 22.6 Å². The third-order valence-electron chi connectivity index (χ3n) is 3.18. The molecule has 1 N–H and O–H groups in total. The van der Waals surface area contributed by atoms with E-state index in [0.29, 0.717) is 0 Å². The summed E-state index contributed by atoms with van der Waals surface area (Å²) in [4.78, 5) is 12.2. The van der Waals surface area contributed by atoms with Gasteiger partial charge in [-0.3, -0.25) is 4.79 Å². The number of halogens is 1.